The first-order valence-electron chi connectivity index (χ1n) is 11.7. The van der Waals surface area contributed by atoms with Crippen LogP contribution in [0.1, 0.15) is 25.0 Å². The van der Waals surface area contributed by atoms with Crippen LogP contribution in [-0.4, -0.2) is 62.2 Å². The van der Waals surface area contributed by atoms with Crippen molar-refractivity contribution in [2.45, 2.75) is 63.4 Å². The second kappa shape index (κ2) is 11.2. The van der Waals surface area contributed by atoms with Crippen LogP contribution in [-0.2, 0) is 45.6 Å². The molecule has 2 aliphatic heterocycles. The van der Waals surface area contributed by atoms with Crippen molar-refractivity contribution in [3.63, 3.8) is 0 Å². The first-order valence-corrected chi connectivity index (χ1v) is 13.3. The Morgan fingerprint density at radius 2 is 1.60 bits per heavy atom. The van der Waals surface area contributed by atoms with Crippen molar-refractivity contribution < 1.29 is 32.6 Å². The quantitative estimate of drug-likeness (QED) is 0.484. The molecule has 0 saturated carbocycles. The number of ether oxygens (including phenoxy) is 4. The van der Waals surface area contributed by atoms with Gasteiger partial charge in [-0.15, -0.1) is 0 Å². The molecule has 35 heavy (non-hydrogen) atoms. The molecule has 2 saturated heterocycles. The fraction of sp³-hybridized carbons (Fsp3) is 0.520. The van der Waals surface area contributed by atoms with Crippen LogP contribution in [0.25, 0.3) is 0 Å². The lowest BCUT2D eigenvalue weighted by Crippen LogP contribution is -2.50. The van der Waals surface area contributed by atoms with E-state index in [1.807, 2.05) is 50.2 Å². The second-order valence-electron chi connectivity index (χ2n) is 9.23. The number of benzene rings is 2. The highest BCUT2D eigenvalue weighted by Crippen LogP contribution is 2.46. The smallest absolute Gasteiger partial charge is 0.354 e. The Morgan fingerprint density at radius 1 is 1.03 bits per heavy atom. The summed E-state index contributed by atoms with van der Waals surface area (Å²) < 4.78 is 47.8. The minimum Gasteiger partial charge on any atom is -0.354 e. The Hall–Kier alpha value is -1.65. The molecule has 9 nitrogen and oxygen atoms in total. The van der Waals surface area contributed by atoms with Gasteiger partial charge in [-0.05, 0) is 25.0 Å². The van der Waals surface area contributed by atoms with Gasteiger partial charge < -0.3 is 23.5 Å². The van der Waals surface area contributed by atoms with Gasteiger partial charge in [0.05, 0.1) is 12.6 Å². The van der Waals surface area contributed by atoms with E-state index >= 15 is 0 Å². The zero-order valence-corrected chi connectivity index (χ0v) is 21.5. The van der Waals surface area contributed by atoms with E-state index in [0.717, 1.165) is 11.1 Å². The molecule has 6 atom stereocenters. The SMILES string of the molecule is CO[C@@H]1O[C@@H]([C@H]2COC(C)(C)O2)[C@H](OP(N)(=O)OC)[C@H]1N(Cc1ccccc1)Cc1ccccc1. The van der Waals surface area contributed by atoms with E-state index in [1.165, 1.54) is 7.11 Å². The molecule has 10 heteroatoms. The van der Waals surface area contributed by atoms with Crippen LogP contribution >= 0.6 is 7.75 Å². The van der Waals surface area contributed by atoms with E-state index in [4.69, 9.17) is 33.5 Å². The Balaban J connectivity index is 1.71. The molecule has 2 aromatic carbocycles. The highest BCUT2D eigenvalue weighted by atomic mass is 31.2. The lowest BCUT2D eigenvalue weighted by Gasteiger charge is -2.36. The molecular weight excluding hydrogens is 471 g/mol. The van der Waals surface area contributed by atoms with E-state index in [2.05, 4.69) is 29.2 Å². The maximum atomic E-state index is 12.9. The molecule has 2 heterocycles. The molecule has 0 spiro atoms. The summed E-state index contributed by atoms with van der Waals surface area (Å²) in [6.45, 7) is 5.11. The standard InChI is InChI=1S/C25H35N2O7P/c1-25(2)31-17-20(33-25)22-23(34-35(26,28)30-4)21(24(29-3)32-22)27(15-18-11-7-5-8-12-18)16-19-13-9-6-10-14-19/h5-14,20-24H,15-17H2,1-4H3,(H2,26,28)/t20-,21-,22+,23-,24-,35?/m1/s1. The van der Waals surface area contributed by atoms with Gasteiger partial charge in [0.15, 0.2) is 12.1 Å². The first-order chi connectivity index (χ1) is 16.7. The third-order valence-corrected chi connectivity index (χ3v) is 7.31. The van der Waals surface area contributed by atoms with Crippen molar-refractivity contribution in [3.8, 4) is 0 Å². The molecule has 0 bridgehead atoms. The Morgan fingerprint density at radius 3 is 2.06 bits per heavy atom. The molecule has 2 aromatic rings. The van der Waals surface area contributed by atoms with Crippen LogP contribution in [0.15, 0.2) is 60.7 Å². The predicted octanol–water partition coefficient (Wildman–Crippen LogP) is 3.68. The zero-order valence-electron chi connectivity index (χ0n) is 20.6. The van der Waals surface area contributed by atoms with Gasteiger partial charge in [0.1, 0.15) is 18.3 Å². The number of hydrogen-bond donors (Lipinski definition) is 1. The number of rotatable bonds is 10. The van der Waals surface area contributed by atoms with Gasteiger partial charge in [0.25, 0.3) is 0 Å². The highest BCUT2D eigenvalue weighted by Gasteiger charge is 2.55. The lowest BCUT2D eigenvalue weighted by atomic mass is 10.0. The minimum absolute atomic E-state index is 0.292. The monoisotopic (exact) mass is 506 g/mol. The predicted molar refractivity (Wildman–Crippen MR) is 130 cm³/mol. The van der Waals surface area contributed by atoms with Crippen molar-refractivity contribution in [1.82, 2.24) is 4.90 Å². The van der Waals surface area contributed by atoms with Crippen molar-refractivity contribution in [3.05, 3.63) is 71.8 Å². The molecular formula is C25H35N2O7P. The first kappa shape index (κ1) is 26.4. The van der Waals surface area contributed by atoms with E-state index in [0.29, 0.717) is 19.7 Å². The lowest BCUT2D eigenvalue weighted by molar-refractivity contribution is -0.183. The number of nitrogens with zero attached hydrogens (tertiary/aromatic N) is 1. The summed E-state index contributed by atoms with van der Waals surface area (Å²) in [4.78, 5) is 2.19. The van der Waals surface area contributed by atoms with E-state index in [9.17, 15) is 4.57 Å². The van der Waals surface area contributed by atoms with Crippen molar-refractivity contribution in [2.75, 3.05) is 20.8 Å². The molecule has 2 aliphatic rings. The van der Waals surface area contributed by atoms with Gasteiger partial charge in [-0.2, -0.15) is 0 Å². The Kier molecular flexibility index (Phi) is 8.43. The summed E-state index contributed by atoms with van der Waals surface area (Å²) >= 11 is 0. The number of nitrogens with two attached hydrogens (primary N) is 1. The highest BCUT2D eigenvalue weighted by molar-refractivity contribution is 7.51. The molecule has 0 radical (unpaired) electrons. The number of hydrogen-bond acceptors (Lipinski definition) is 8. The maximum absolute atomic E-state index is 12.9. The molecule has 2 N–H and O–H groups in total. The van der Waals surface area contributed by atoms with Gasteiger partial charge in [0.2, 0.25) is 0 Å². The molecule has 0 amide bonds. The summed E-state index contributed by atoms with van der Waals surface area (Å²) in [6.07, 6.45) is -2.58. The van der Waals surface area contributed by atoms with Crippen molar-refractivity contribution in [1.29, 1.82) is 0 Å². The van der Waals surface area contributed by atoms with Crippen LogP contribution in [0.3, 0.4) is 0 Å². The van der Waals surface area contributed by atoms with Crippen LogP contribution in [0.4, 0.5) is 0 Å². The molecule has 1 unspecified atom stereocenters. The zero-order chi connectivity index (χ0) is 25.1. The van der Waals surface area contributed by atoms with Gasteiger partial charge >= 0.3 is 7.75 Å². The fourth-order valence-corrected chi connectivity index (χ4v) is 5.32. The van der Waals surface area contributed by atoms with Gasteiger partial charge in [-0.3, -0.25) is 9.42 Å². The Labute approximate surface area is 207 Å². The average Bonchev–Trinajstić information content (AvgIpc) is 3.38. The molecule has 192 valence electrons. The van der Waals surface area contributed by atoms with Crippen LogP contribution in [0.5, 0.6) is 0 Å². The van der Waals surface area contributed by atoms with E-state index < -0.39 is 44.2 Å². The maximum Gasteiger partial charge on any atom is 0.402 e. The van der Waals surface area contributed by atoms with Crippen molar-refractivity contribution >= 4 is 7.75 Å². The van der Waals surface area contributed by atoms with Crippen LogP contribution < -0.4 is 5.50 Å². The van der Waals surface area contributed by atoms with E-state index in [1.54, 1.807) is 7.11 Å². The topological polar surface area (TPSA) is 102 Å². The summed E-state index contributed by atoms with van der Waals surface area (Å²) in [5.41, 5.74) is 8.09. The van der Waals surface area contributed by atoms with Crippen LogP contribution in [0.2, 0.25) is 0 Å². The van der Waals surface area contributed by atoms with Crippen LogP contribution in [0, 0.1) is 0 Å². The second-order valence-corrected chi connectivity index (χ2v) is 10.9. The van der Waals surface area contributed by atoms with Gasteiger partial charge in [-0.1, -0.05) is 60.7 Å². The summed E-state index contributed by atoms with van der Waals surface area (Å²) in [5, 5.41) is 0. The number of methoxy groups -OCH3 is 1. The molecule has 0 aliphatic carbocycles. The van der Waals surface area contributed by atoms with Gasteiger partial charge in [-0.25, -0.2) is 10.1 Å². The normalized spacial score (nSPS) is 29.9. The molecule has 2 fully saturated rings. The molecule has 4 rings (SSSR count). The fourth-order valence-electron chi connectivity index (χ4n) is 4.65. The van der Waals surface area contributed by atoms with E-state index in [-0.39, 0.29) is 0 Å². The summed E-state index contributed by atoms with van der Waals surface area (Å²) in [7, 11) is -1.03. The third-order valence-electron chi connectivity index (χ3n) is 6.26. The third kappa shape index (κ3) is 6.57. The summed E-state index contributed by atoms with van der Waals surface area (Å²) in [5.74, 6) is -0.777. The summed E-state index contributed by atoms with van der Waals surface area (Å²) in [6, 6.07) is 19.7. The largest absolute Gasteiger partial charge is 0.402 e. The van der Waals surface area contributed by atoms with Gasteiger partial charge in [0, 0.05) is 27.3 Å². The Bertz CT molecular complexity index is 952. The van der Waals surface area contributed by atoms with Crippen molar-refractivity contribution in [2.24, 2.45) is 5.50 Å². The minimum atomic E-state index is -3.87. The molecule has 0 aromatic heterocycles. The average molecular weight is 507 g/mol.